The van der Waals surface area contributed by atoms with E-state index in [4.69, 9.17) is 0 Å². The Bertz CT molecular complexity index is 401. The van der Waals surface area contributed by atoms with Crippen LogP contribution in [0.3, 0.4) is 0 Å². The molecule has 2 rings (SSSR count). The Labute approximate surface area is 95.5 Å². The Morgan fingerprint density at radius 1 is 1.44 bits per heavy atom. The number of hydrogen-bond donors (Lipinski definition) is 2. The Kier molecular flexibility index (Phi) is 3.25. The number of nitrogens with one attached hydrogen (secondary N) is 1. The predicted octanol–water partition coefficient (Wildman–Crippen LogP) is 2.40. The van der Waals surface area contributed by atoms with Gasteiger partial charge in [0.15, 0.2) is 0 Å². The molecule has 0 aromatic heterocycles. The molecule has 1 aliphatic rings. The molecule has 1 aliphatic heterocycles. The lowest BCUT2D eigenvalue weighted by Crippen LogP contribution is -2.09. The standard InChI is InChI=1S/C13H17NO2/c1-2-12(15)10-6-7-11-9(8-10)4-3-5-13(16)14-11/h6-8,12,15H,2-5H2,1H3,(H,14,16)/t12-/m0/s1. The van der Waals surface area contributed by atoms with Crippen molar-refractivity contribution < 1.29 is 9.90 Å². The van der Waals surface area contributed by atoms with Gasteiger partial charge in [-0.25, -0.2) is 0 Å². The minimum Gasteiger partial charge on any atom is -0.388 e. The van der Waals surface area contributed by atoms with Crippen LogP contribution in [0.15, 0.2) is 18.2 Å². The van der Waals surface area contributed by atoms with E-state index in [0.717, 1.165) is 29.7 Å². The van der Waals surface area contributed by atoms with Crippen LogP contribution in [-0.2, 0) is 11.2 Å². The fourth-order valence-electron chi connectivity index (χ4n) is 2.04. The normalized spacial score (nSPS) is 17.2. The Morgan fingerprint density at radius 2 is 2.25 bits per heavy atom. The van der Waals surface area contributed by atoms with E-state index < -0.39 is 6.10 Å². The van der Waals surface area contributed by atoms with E-state index in [1.165, 1.54) is 0 Å². The van der Waals surface area contributed by atoms with Crippen molar-refractivity contribution in [3.05, 3.63) is 29.3 Å². The molecule has 0 unspecified atom stereocenters. The van der Waals surface area contributed by atoms with Crippen molar-refractivity contribution in [3.8, 4) is 0 Å². The second-order valence-corrected chi connectivity index (χ2v) is 4.24. The highest BCUT2D eigenvalue weighted by Gasteiger charge is 2.14. The van der Waals surface area contributed by atoms with E-state index in [0.29, 0.717) is 12.8 Å². The molecule has 1 aromatic carbocycles. The zero-order valence-electron chi connectivity index (χ0n) is 9.49. The maximum atomic E-state index is 11.4. The second kappa shape index (κ2) is 4.66. The molecule has 0 saturated heterocycles. The molecule has 16 heavy (non-hydrogen) atoms. The summed E-state index contributed by atoms with van der Waals surface area (Å²) in [5.41, 5.74) is 2.97. The lowest BCUT2D eigenvalue weighted by atomic mass is 10.0. The maximum Gasteiger partial charge on any atom is 0.224 e. The monoisotopic (exact) mass is 219 g/mol. The van der Waals surface area contributed by atoms with Gasteiger partial charge in [0.1, 0.15) is 0 Å². The summed E-state index contributed by atoms with van der Waals surface area (Å²) in [6.07, 6.45) is 2.68. The van der Waals surface area contributed by atoms with Gasteiger partial charge in [-0.2, -0.15) is 0 Å². The summed E-state index contributed by atoms with van der Waals surface area (Å²) in [5.74, 6) is 0.0857. The van der Waals surface area contributed by atoms with E-state index in [1.807, 2.05) is 25.1 Å². The molecular weight excluding hydrogens is 202 g/mol. The fourth-order valence-corrected chi connectivity index (χ4v) is 2.04. The van der Waals surface area contributed by atoms with Crippen molar-refractivity contribution in [2.24, 2.45) is 0 Å². The zero-order valence-corrected chi connectivity index (χ0v) is 9.49. The van der Waals surface area contributed by atoms with Gasteiger partial charge in [-0.1, -0.05) is 19.1 Å². The first-order valence-electron chi connectivity index (χ1n) is 5.81. The number of fused-ring (bicyclic) bond motifs is 1. The van der Waals surface area contributed by atoms with Crippen LogP contribution in [0, 0.1) is 0 Å². The second-order valence-electron chi connectivity index (χ2n) is 4.24. The molecule has 0 saturated carbocycles. The number of carbonyl (C=O) groups is 1. The summed E-state index contributed by atoms with van der Waals surface area (Å²) in [4.78, 5) is 11.4. The van der Waals surface area contributed by atoms with Crippen LogP contribution in [-0.4, -0.2) is 11.0 Å². The molecule has 0 aliphatic carbocycles. The molecule has 0 fully saturated rings. The number of hydrogen-bond acceptors (Lipinski definition) is 2. The number of amides is 1. The van der Waals surface area contributed by atoms with Crippen LogP contribution in [0.2, 0.25) is 0 Å². The molecule has 2 N–H and O–H groups in total. The molecule has 3 heteroatoms. The molecule has 0 radical (unpaired) electrons. The first kappa shape index (κ1) is 11.1. The summed E-state index contributed by atoms with van der Waals surface area (Å²) < 4.78 is 0. The van der Waals surface area contributed by atoms with Crippen molar-refractivity contribution in [2.45, 2.75) is 38.7 Å². The molecule has 0 bridgehead atoms. The van der Waals surface area contributed by atoms with Crippen LogP contribution < -0.4 is 5.32 Å². The van der Waals surface area contributed by atoms with E-state index >= 15 is 0 Å². The molecule has 3 nitrogen and oxygen atoms in total. The third kappa shape index (κ3) is 2.25. The van der Waals surface area contributed by atoms with Gasteiger partial charge < -0.3 is 10.4 Å². The average molecular weight is 219 g/mol. The lowest BCUT2D eigenvalue weighted by Gasteiger charge is -2.12. The smallest absolute Gasteiger partial charge is 0.224 e. The highest BCUT2D eigenvalue weighted by atomic mass is 16.3. The van der Waals surface area contributed by atoms with Gasteiger partial charge in [-0.05, 0) is 36.5 Å². The van der Waals surface area contributed by atoms with E-state index in [9.17, 15) is 9.90 Å². The highest BCUT2D eigenvalue weighted by molar-refractivity contribution is 5.92. The van der Waals surface area contributed by atoms with Crippen molar-refractivity contribution in [3.63, 3.8) is 0 Å². The first-order valence-corrected chi connectivity index (χ1v) is 5.81. The van der Waals surface area contributed by atoms with Crippen molar-refractivity contribution >= 4 is 11.6 Å². The third-order valence-corrected chi connectivity index (χ3v) is 3.02. The quantitative estimate of drug-likeness (QED) is 0.802. The summed E-state index contributed by atoms with van der Waals surface area (Å²) in [5, 5.41) is 12.7. The third-order valence-electron chi connectivity index (χ3n) is 3.02. The van der Waals surface area contributed by atoms with Crippen LogP contribution in [0.5, 0.6) is 0 Å². The molecule has 1 heterocycles. The number of carbonyl (C=O) groups excluding carboxylic acids is 1. The highest BCUT2D eigenvalue weighted by Crippen LogP contribution is 2.26. The minimum absolute atomic E-state index is 0.0857. The van der Waals surface area contributed by atoms with Gasteiger partial charge in [0.25, 0.3) is 0 Å². The number of aliphatic hydroxyl groups excluding tert-OH is 1. The summed E-state index contributed by atoms with van der Waals surface area (Å²) in [6, 6.07) is 5.79. The van der Waals surface area contributed by atoms with Gasteiger partial charge in [-0.3, -0.25) is 4.79 Å². The average Bonchev–Trinajstić information content (AvgIpc) is 2.47. The number of aliphatic hydroxyl groups is 1. The van der Waals surface area contributed by atoms with Gasteiger partial charge in [0.2, 0.25) is 5.91 Å². The Balaban J connectivity index is 2.31. The maximum absolute atomic E-state index is 11.4. The van der Waals surface area contributed by atoms with Crippen LogP contribution >= 0.6 is 0 Å². The number of anilines is 1. The summed E-state index contributed by atoms with van der Waals surface area (Å²) in [7, 11) is 0. The van der Waals surface area contributed by atoms with Gasteiger partial charge in [0.05, 0.1) is 6.10 Å². The zero-order chi connectivity index (χ0) is 11.5. The van der Waals surface area contributed by atoms with Crippen LogP contribution in [0.4, 0.5) is 5.69 Å². The predicted molar refractivity (Wildman–Crippen MR) is 63.3 cm³/mol. The Hall–Kier alpha value is -1.35. The fraction of sp³-hybridized carbons (Fsp3) is 0.462. The summed E-state index contributed by atoms with van der Waals surface area (Å²) >= 11 is 0. The summed E-state index contributed by atoms with van der Waals surface area (Å²) in [6.45, 7) is 1.96. The SMILES string of the molecule is CC[C@H](O)c1ccc2c(c1)CCCC(=O)N2. The Morgan fingerprint density at radius 3 is 3.00 bits per heavy atom. The number of aryl methyl sites for hydroxylation is 1. The number of rotatable bonds is 2. The van der Waals surface area contributed by atoms with E-state index in [1.54, 1.807) is 0 Å². The van der Waals surface area contributed by atoms with E-state index in [-0.39, 0.29) is 5.91 Å². The molecule has 1 aromatic rings. The molecule has 1 atom stereocenters. The number of benzene rings is 1. The van der Waals surface area contributed by atoms with Crippen molar-refractivity contribution in [1.29, 1.82) is 0 Å². The first-order chi connectivity index (χ1) is 7.70. The van der Waals surface area contributed by atoms with Crippen LogP contribution in [0.1, 0.15) is 43.4 Å². The van der Waals surface area contributed by atoms with Gasteiger partial charge in [0, 0.05) is 12.1 Å². The molecular formula is C13H17NO2. The topological polar surface area (TPSA) is 49.3 Å². The molecule has 0 spiro atoms. The minimum atomic E-state index is -0.399. The van der Waals surface area contributed by atoms with Crippen molar-refractivity contribution in [1.82, 2.24) is 0 Å². The molecule has 86 valence electrons. The largest absolute Gasteiger partial charge is 0.388 e. The van der Waals surface area contributed by atoms with Crippen molar-refractivity contribution in [2.75, 3.05) is 5.32 Å². The van der Waals surface area contributed by atoms with Gasteiger partial charge >= 0.3 is 0 Å². The lowest BCUT2D eigenvalue weighted by molar-refractivity contribution is -0.116. The van der Waals surface area contributed by atoms with Gasteiger partial charge in [-0.15, -0.1) is 0 Å². The van der Waals surface area contributed by atoms with E-state index in [2.05, 4.69) is 5.32 Å². The van der Waals surface area contributed by atoms with Crippen LogP contribution in [0.25, 0.3) is 0 Å². The molecule has 1 amide bonds.